The molecular weight excluding hydrogens is 598 g/mol. The minimum Gasteiger partial charge on any atom is -0.458 e. The fourth-order valence-electron chi connectivity index (χ4n) is 5.99. The molecule has 2 atom stereocenters. The number of carbonyl (C=O) groups excluding carboxylic acids is 2. The van der Waals surface area contributed by atoms with Gasteiger partial charge < -0.3 is 24.4 Å². The summed E-state index contributed by atoms with van der Waals surface area (Å²) in [5.74, 6) is 0.616. The lowest BCUT2D eigenvalue weighted by atomic mass is 10.1. The number of carbonyl (C=O) groups is 2. The van der Waals surface area contributed by atoms with Crippen LogP contribution in [-0.2, 0) is 22.5 Å². The molecule has 0 saturated carbocycles. The van der Waals surface area contributed by atoms with Gasteiger partial charge in [0.1, 0.15) is 18.3 Å². The molecule has 2 amide bonds. The number of para-hydroxylation sites is 1. The van der Waals surface area contributed by atoms with Crippen LogP contribution >= 0.6 is 0 Å². The zero-order valence-corrected chi connectivity index (χ0v) is 27.7. The van der Waals surface area contributed by atoms with Crippen molar-refractivity contribution in [3.63, 3.8) is 0 Å². The van der Waals surface area contributed by atoms with Gasteiger partial charge in [-0.15, -0.1) is 0 Å². The second-order valence-electron chi connectivity index (χ2n) is 13.4. The minimum atomic E-state index is -0.580. The molecular formula is C35H43N7O5. The van der Waals surface area contributed by atoms with Gasteiger partial charge in [0.15, 0.2) is 5.65 Å². The minimum absolute atomic E-state index is 0.166. The highest BCUT2D eigenvalue weighted by molar-refractivity contribution is 5.91. The molecule has 2 aromatic heterocycles. The van der Waals surface area contributed by atoms with Crippen LogP contribution in [0.4, 0.5) is 21.2 Å². The number of piperidine rings is 1. The van der Waals surface area contributed by atoms with Gasteiger partial charge in [-0.05, 0) is 63.1 Å². The van der Waals surface area contributed by atoms with Crippen molar-refractivity contribution in [2.45, 2.75) is 84.2 Å². The van der Waals surface area contributed by atoms with Crippen LogP contribution in [-0.4, -0.2) is 74.0 Å². The smallest absolute Gasteiger partial charge is 0.414 e. The first-order chi connectivity index (χ1) is 22.6. The molecule has 12 heteroatoms. The number of likely N-dealkylation sites (tertiary alicyclic amines) is 1. The Labute approximate surface area is 275 Å². The van der Waals surface area contributed by atoms with Crippen molar-refractivity contribution >= 4 is 29.5 Å². The number of nitrogens with one attached hydrogen (secondary N) is 1. The quantitative estimate of drug-likeness (QED) is 0.239. The topological polar surface area (TPSA) is 123 Å². The molecule has 1 saturated heterocycles. The number of hydrogen-bond donors (Lipinski definition) is 1. The molecule has 0 spiro atoms. The van der Waals surface area contributed by atoms with Crippen LogP contribution in [0.2, 0.25) is 0 Å². The molecule has 0 radical (unpaired) electrons. The van der Waals surface area contributed by atoms with Crippen molar-refractivity contribution in [2.75, 3.05) is 29.9 Å². The SMILES string of the molecule is CC(C)c1cnn2c(NCC3Cc4ccccc4N3C(=O)OCc3ccccc3)nc(OC3CCCN(C(=O)OC(C)(C)C)C3)nc12. The highest BCUT2D eigenvalue weighted by Gasteiger charge is 2.35. The van der Waals surface area contributed by atoms with E-state index in [0.717, 1.165) is 35.2 Å². The number of hydrogen-bond acceptors (Lipinski definition) is 9. The summed E-state index contributed by atoms with van der Waals surface area (Å²) in [6.45, 7) is 11.3. The Hall–Kier alpha value is -4.87. The Balaban J connectivity index is 1.21. The number of benzene rings is 2. The van der Waals surface area contributed by atoms with Gasteiger partial charge in [0.2, 0.25) is 5.95 Å². The van der Waals surface area contributed by atoms with E-state index in [9.17, 15) is 9.59 Å². The molecule has 2 aliphatic heterocycles. The van der Waals surface area contributed by atoms with Crippen molar-refractivity contribution in [3.8, 4) is 6.01 Å². The van der Waals surface area contributed by atoms with Gasteiger partial charge in [-0.1, -0.05) is 62.4 Å². The van der Waals surface area contributed by atoms with Crippen molar-refractivity contribution in [1.29, 1.82) is 0 Å². The average molecular weight is 642 g/mol. The summed E-state index contributed by atoms with van der Waals surface area (Å²) in [7, 11) is 0. The van der Waals surface area contributed by atoms with Crippen LogP contribution in [0.25, 0.3) is 5.65 Å². The second kappa shape index (κ2) is 13.5. The second-order valence-corrected chi connectivity index (χ2v) is 13.4. The first-order valence-corrected chi connectivity index (χ1v) is 16.3. The van der Waals surface area contributed by atoms with Crippen LogP contribution in [0.5, 0.6) is 6.01 Å². The number of anilines is 2. The maximum absolute atomic E-state index is 13.5. The summed E-state index contributed by atoms with van der Waals surface area (Å²) in [5, 5.41) is 8.04. The van der Waals surface area contributed by atoms with Crippen LogP contribution in [0.3, 0.4) is 0 Å². The Bertz CT molecular complexity index is 1720. The predicted molar refractivity (Wildman–Crippen MR) is 178 cm³/mol. The molecule has 2 aromatic carbocycles. The zero-order chi connectivity index (χ0) is 33.1. The predicted octanol–water partition coefficient (Wildman–Crippen LogP) is 6.21. The monoisotopic (exact) mass is 641 g/mol. The first kappa shape index (κ1) is 32.1. The highest BCUT2D eigenvalue weighted by atomic mass is 16.6. The van der Waals surface area contributed by atoms with Crippen molar-refractivity contribution in [3.05, 3.63) is 77.5 Å². The molecule has 248 valence electrons. The van der Waals surface area contributed by atoms with Crippen molar-refractivity contribution in [1.82, 2.24) is 24.5 Å². The van der Waals surface area contributed by atoms with Crippen LogP contribution in [0.1, 0.15) is 70.1 Å². The molecule has 1 fully saturated rings. The van der Waals surface area contributed by atoms with E-state index in [2.05, 4.69) is 24.3 Å². The molecule has 0 bridgehead atoms. The number of nitrogens with zero attached hydrogens (tertiary/aromatic N) is 6. The number of fused-ring (bicyclic) bond motifs is 2. The van der Waals surface area contributed by atoms with Crippen molar-refractivity contribution < 1.29 is 23.8 Å². The third kappa shape index (κ3) is 7.42. The van der Waals surface area contributed by atoms with E-state index in [1.165, 1.54) is 0 Å². The molecule has 4 heterocycles. The van der Waals surface area contributed by atoms with Gasteiger partial charge in [0.25, 0.3) is 0 Å². The first-order valence-electron chi connectivity index (χ1n) is 16.3. The summed E-state index contributed by atoms with van der Waals surface area (Å²) < 4.78 is 19.4. The normalized spacial score (nSPS) is 17.9. The summed E-state index contributed by atoms with van der Waals surface area (Å²) >= 11 is 0. The van der Waals surface area contributed by atoms with E-state index in [1.54, 1.807) is 20.5 Å². The Morgan fingerprint density at radius 2 is 1.79 bits per heavy atom. The zero-order valence-electron chi connectivity index (χ0n) is 27.7. The van der Waals surface area contributed by atoms with Crippen LogP contribution in [0.15, 0.2) is 60.8 Å². The Kier molecular flexibility index (Phi) is 9.19. The molecule has 47 heavy (non-hydrogen) atoms. The Morgan fingerprint density at radius 3 is 2.55 bits per heavy atom. The lowest BCUT2D eigenvalue weighted by Crippen LogP contribution is -2.46. The standard InChI is InChI=1S/C35H43N7O5/c1-23(2)28-20-37-42-30(28)38-32(46-27-15-11-17-40(21-27)33(43)47-35(3,4)5)39-31(42)36-19-26-18-25-14-9-10-16-29(25)41(26)34(44)45-22-24-12-7-6-8-13-24/h6-10,12-14,16,20,23,26-27H,11,15,17-19,21-22H2,1-5H3,(H,36,38,39). The summed E-state index contributed by atoms with van der Waals surface area (Å²) in [6, 6.07) is 17.5. The van der Waals surface area contributed by atoms with Crippen LogP contribution in [0, 0.1) is 0 Å². The maximum atomic E-state index is 13.5. The van der Waals surface area contributed by atoms with Gasteiger partial charge in [0.05, 0.1) is 24.5 Å². The average Bonchev–Trinajstić information content (AvgIpc) is 3.64. The molecule has 1 N–H and O–H groups in total. The van der Waals surface area contributed by atoms with E-state index in [4.69, 9.17) is 24.2 Å². The Morgan fingerprint density at radius 1 is 1.02 bits per heavy atom. The lowest BCUT2D eigenvalue weighted by molar-refractivity contribution is 0.00662. The van der Waals surface area contributed by atoms with Crippen molar-refractivity contribution in [2.24, 2.45) is 0 Å². The summed E-state index contributed by atoms with van der Waals surface area (Å²) in [5.41, 5.74) is 3.85. The number of rotatable bonds is 8. The van der Waals surface area contributed by atoms with Gasteiger partial charge in [-0.2, -0.15) is 19.6 Å². The molecule has 4 aromatic rings. The molecule has 2 unspecified atom stereocenters. The summed E-state index contributed by atoms with van der Waals surface area (Å²) in [4.78, 5) is 39.2. The van der Waals surface area contributed by atoms with Gasteiger partial charge >= 0.3 is 18.2 Å². The van der Waals surface area contributed by atoms with Gasteiger partial charge in [0, 0.05) is 18.7 Å². The lowest BCUT2D eigenvalue weighted by Gasteiger charge is -2.33. The number of amides is 2. The van der Waals surface area contributed by atoms with E-state index < -0.39 is 11.7 Å². The van der Waals surface area contributed by atoms with E-state index in [-0.39, 0.29) is 36.8 Å². The molecule has 12 nitrogen and oxygen atoms in total. The maximum Gasteiger partial charge on any atom is 0.414 e. The van der Waals surface area contributed by atoms with E-state index in [0.29, 0.717) is 37.7 Å². The van der Waals surface area contributed by atoms with E-state index in [1.807, 2.05) is 75.4 Å². The number of aromatic nitrogens is 4. The van der Waals surface area contributed by atoms with E-state index >= 15 is 0 Å². The fraction of sp³-hybridized carbons (Fsp3) is 0.457. The fourth-order valence-corrected chi connectivity index (χ4v) is 5.99. The summed E-state index contributed by atoms with van der Waals surface area (Å²) in [6.07, 6.45) is 2.93. The molecule has 2 aliphatic rings. The van der Waals surface area contributed by atoms with Gasteiger partial charge in [-0.3, -0.25) is 4.90 Å². The third-order valence-electron chi connectivity index (χ3n) is 8.27. The molecule has 0 aliphatic carbocycles. The highest BCUT2D eigenvalue weighted by Crippen LogP contribution is 2.33. The third-order valence-corrected chi connectivity index (χ3v) is 8.27. The molecule has 6 rings (SSSR count). The van der Waals surface area contributed by atoms with Crippen LogP contribution < -0.4 is 15.0 Å². The largest absolute Gasteiger partial charge is 0.458 e. The van der Waals surface area contributed by atoms with Gasteiger partial charge in [-0.25, -0.2) is 9.59 Å². The number of ether oxygens (including phenoxy) is 3.